The van der Waals surface area contributed by atoms with Crippen molar-refractivity contribution in [3.05, 3.63) is 91.0 Å². The Labute approximate surface area is 166 Å². The van der Waals surface area contributed by atoms with Crippen LogP contribution in [-0.2, 0) is 0 Å². The molecule has 0 saturated carbocycles. The van der Waals surface area contributed by atoms with Gasteiger partial charge in [-0.05, 0) is 0 Å². The normalized spacial score (nSPS) is 13.7. The van der Waals surface area contributed by atoms with Gasteiger partial charge in [-0.25, -0.2) is 0 Å². The predicted octanol–water partition coefficient (Wildman–Crippen LogP) is 6.17. The Hall–Kier alpha value is -1.64. The van der Waals surface area contributed by atoms with E-state index in [2.05, 4.69) is 15.5 Å². The summed E-state index contributed by atoms with van der Waals surface area (Å²) in [5.41, 5.74) is 0. The predicted molar refractivity (Wildman–Crippen MR) is 114 cm³/mol. The second kappa shape index (κ2) is 7.77. The van der Waals surface area contributed by atoms with E-state index in [1.54, 1.807) is 0 Å². The summed E-state index contributed by atoms with van der Waals surface area (Å²) < 4.78 is 38.9. The Balaban J connectivity index is 2.26. The van der Waals surface area contributed by atoms with Gasteiger partial charge < -0.3 is 0 Å². The molecule has 0 spiro atoms. The zero-order chi connectivity index (χ0) is 19.4. The van der Waals surface area contributed by atoms with Crippen molar-refractivity contribution in [2.45, 2.75) is 19.0 Å². The van der Waals surface area contributed by atoms with Crippen LogP contribution in [0.15, 0.2) is 91.0 Å². The Morgan fingerprint density at radius 2 is 0.963 bits per heavy atom. The molecule has 0 amide bonds. The van der Waals surface area contributed by atoms with E-state index in [9.17, 15) is 13.2 Å². The zero-order valence-corrected chi connectivity index (χ0v) is 17.2. The van der Waals surface area contributed by atoms with Gasteiger partial charge in [-0.15, -0.1) is 0 Å². The van der Waals surface area contributed by atoms with Gasteiger partial charge >= 0.3 is 166 Å². The monoisotopic (exact) mass is 452 g/mol. The molecule has 0 heterocycles. The summed E-state index contributed by atoms with van der Waals surface area (Å²) in [6.45, 7) is 0. The molecule has 0 N–H and O–H groups in total. The first-order chi connectivity index (χ1) is 12.8. The minimum absolute atomic E-state index is 0.0608. The quantitative estimate of drug-likeness (QED) is 0.392. The summed E-state index contributed by atoms with van der Waals surface area (Å²) in [4.78, 5) is 0. The first-order valence-electron chi connectivity index (χ1n) is 8.81. The molecule has 3 aromatic rings. The van der Waals surface area contributed by atoms with Gasteiger partial charge in [-0.3, -0.25) is 0 Å². The number of hydrogen-bond acceptors (Lipinski definition) is 0. The molecule has 3 rings (SSSR count). The number of rotatable bonds is 6. The molecule has 27 heavy (non-hydrogen) atoms. The summed E-state index contributed by atoms with van der Waals surface area (Å²) >= 11 is 4.15. The molecule has 0 aliphatic heterocycles. The van der Waals surface area contributed by atoms with Crippen LogP contribution in [0.2, 0.25) is 0 Å². The molecule has 142 valence electrons. The molecule has 0 aromatic heterocycles. The van der Waals surface area contributed by atoms with Crippen molar-refractivity contribution in [2.75, 3.05) is 6.16 Å². The first-order valence-corrected chi connectivity index (χ1v) is 13.2. The molecule has 0 bridgehead atoms. The molecule has 0 atom stereocenters. The molecule has 0 unspecified atom stereocenters. The molecule has 0 aliphatic rings. The van der Waals surface area contributed by atoms with Gasteiger partial charge in [-0.2, -0.15) is 0 Å². The van der Waals surface area contributed by atoms with Crippen molar-refractivity contribution in [1.29, 1.82) is 0 Å². The fourth-order valence-corrected chi connectivity index (χ4v) is 11.3. The molecule has 0 nitrogen and oxygen atoms in total. The number of halogens is 4. The van der Waals surface area contributed by atoms with Crippen LogP contribution < -0.4 is 15.9 Å². The van der Waals surface area contributed by atoms with E-state index in [-0.39, 0.29) is 6.42 Å². The van der Waals surface area contributed by atoms with Crippen molar-refractivity contribution in [2.24, 2.45) is 0 Å². The second-order valence-corrected chi connectivity index (χ2v) is 15.7. The second-order valence-electron chi connectivity index (χ2n) is 6.63. The minimum atomic E-state index is -4.16. The SMILES string of the molecule is FC(F)(F)CCCP(Br)(c1ccccc1)(c1ccccc1)c1ccccc1. The van der Waals surface area contributed by atoms with E-state index in [4.69, 9.17) is 0 Å². The first kappa shape index (κ1) is 20.1. The van der Waals surface area contributed by atoms with E-state index in [1.165, 1.54) is 0 Å². The molecule has 5 heteroatoms. The fraction of sp³-hybridized carbons (Fsp3) is 0.182. The van der Waals surface area contributed by atoms with Crippen molar-refractivity contribution in [1.82, 2.24) is 0 Å². The standard InChI is InChI=1S/C22H21BrF3P/c23-27(18-10-17-22(24,25)26,19-11-4-1-5-12-19,20-13-6-2-7-14-20)21-15-8-3-9-16-21/h1-9,11-16H,10,17-18H2. The Kier molecular flexibility index (Phi) is 5.79. The van der Waals surface area contributed by atoms with Crippen LogP contribution >= 0.6 is 20.8 Å². The average Bonchev–Trinajstić information content (AvgIpc) is 2.69. The van der Waals surface area contributed by atoms with Crippen LogP contribution in [0.25, 0.3) is 0 Å². The maximum atomic E-state index is 13.0. The third-order valence-corrected chi connectivity index (χ3v) is 15.0. The van der Waals surface area contributed by atoms with Gasteiger partial charge in [0.1, 0.15) is 0 Å². The van der Waals surface area contributed by atoms with Crippen molar-refractivity contribution >= 4 is 36.7 Å². The summed E-state index contributed by atoms with van der Waals surface area (Å²) in [5.74, 6) is 0. The number of benzene rings is 3. The molecule has 0 aliphatic carbocycles. The van der Waals surface area contributed by atoms with Crippen LogP contribution in [0, 0.1) is 0 Å². The number of hydrogen-bond donors (Lipinski definition) is 0. The molecule has 0 radical (unpaired) electrons. The van der Waals surface area contributed by atoms with E-state index in [1.807, 2.05) is 91.0 Å². The van der Waals surface area contributed by atoms with Gasteiger partial charge in [0.25, 0.3) is 0 Å². The summed E-state index contributed by atoms with van der Waals surface area (Å²) in [7, 11) is 0. The van der Waals surface area contributed by atoms with Crippen molar-refractivity contribution in [3.63, 3.8) is 0 Å². The summed E-state index contributed by atoms with van der Waals surface area (Å²) in [5, 5.41) is -0.0894. The van der Waals surface area contributed by atoms with E-state index in [0.717, 1.165) is 15.9 Å². The summed E-state index contributed by atoms with van der Waals surface area (Å²) in [6.07, 6.45) is -4.48. The molecule has 0 saturated heterocycles. The molecular formula is C22H21BrF3P. The Morgan fingerprint density at radius 1 is 0.630 bits per heavy atom. The van der Waals surface area contributed by atoms with Crippen LogP contribution in [0.3, 0.4) is 0 Å². The van der Waals surface area contributed by atoms with Crippen molar-refractivity contribution < 1.29 is 13.2 Å². The van der Waals surface area contributed by atoms with E-state index in [0.29, 0.717) is 6.16 Å². The average molecular weight is 453 g/mol. The zero-order valence-electron chi connectivity index (χ0n) is 14.7. The third-order valence-electron chi connectivity index (χ3n) is 4.92. The number of alkyl halides is 3. The third kappa shape index (κ3) is 3.97. The van der Waals surface area contributed by atoms with Crippen LogP contribution in [-0.4, -0.2) is 12.3 Å². The van der Waals surface area contributed by atoms with Gasteiger partial charge in [0.15, 0.2) is 0 Å². The molecule has 0 fully saturated rings. The van der Waals surface area contributed by atoms with Crippen LogP contribution in [0.5, 0.6) is 0 Å². The van der Waals surface area contributed by atoms with Crippen LogP contribution in [0.1, 0.15) is 12.8 Å². The fourth-order valence-electron chi connectivity index (χ4n) is 3.63. The van der Waals surface area contributed by atoms with Gasteiger partial charge in [0, 0.05) is 0 Å². The topological polar surface area (TPSA) is 0 Å². The van der Waals surface area contributed by atoms with E-state index >= 15 is 0 Å². The van der Waals surface area contributed by atoms with Gasteiger partial charge in [0.2, 0.25) is 0 Å². The van der Waals surface area contributed by atoms with Gasteiger partial charge in [-0.1, -0.05) is 0 Å². The maximum absolute atomic E-state index is 13.0. The Morgan fingerprint density at radius 3 is 1.26 bits per heavy atom. The van der Waals surface area contributed by atoms with Crippen molar-refractivity contribution in [3.8, 4) is 0 Å². The van der Waals surface area contributed by atoms with E-state index < -0.39 is 17.9 Å². The summed E-state index contributed by atoms with van der Waals surface area (Å²) in [6, 6.07) is 29.7. The van der Waals surface area contributed by atoms with Crippen LogP contribution in [0.4, 0.5) is 13.2 Å². The molecular weight excluding hydrogens is 432 g/mol. The Bertz CT molecular complexity index is 765. The van der Waals surface area contributed by atoms with Gasteiger partial charge in [0.05, 0.1) is 0 Å². The molecule has 3 aromatic carbocycles.